The van der Waals surface area contributed by atoms with Crippen LogP contribution >= 0.6 is 0 Å². The SMILES string of the molecule is C#Cc1ccc(-c2c3nc(c(-c4c(F)c(F)c(F)c(F)c4F)c4ccc([n-]4)c(-c4ccc(C#C)cc4)c4nc(c(-c5c(F)c(F)c(F)c(F)c5F)c5ccc2[n-]5)C=C4)C=C3)cc1.CC(C)(C)c1cc(C(=O)[O-])cc(C(C)(C)C)c1.CC(C)(C)c1cc(C(=O)[O-])cc(C(C)(C)C)c1.[Sn+4]. The maximum Gasteiger partial charge on any atom is 4.00 e. The first-order chi connectivity index (χ1) is 44.8. The third kappa shape index (κ3) is 14.9. The van der Waals surface area contributed by atoms with Crippen LogP contribution in [0.4, 0.5) is 43.9 Å². The first kappa shape index (κ1) is 72.9. The Hall–Kier alpha value is -9.92. The Morgan fingerprint density at radius 3 is 0.804 bits per heavy atom. The van der Waals surface area contributed by atoms with Gasteiger partial charge in [-0.25, -0.2) is 53.9 Å². The number of carbonyl (C=O) groups is 2. The second kappa shape index (κ2) is 27.7. The minimum Gasteiger partial charge on any atom is -0.657 e. The van der Waals surface area contributed by atoms with E-state index >= 15 is 17.6 Å². The van der Waals surface area contributed by atoms with Crippen LogP contribution < -0.4 is 20.2 Å². The van der Waals surface area contributed by atoms with Gasteiger partial charge in [0.15, 0.2) is 46.5 Å². The second-order valence-electron chi connectivity index (χ2n) is 26.9. The molecule has 97 heavy (non-hydrogen) atoms. The molecule has 11 rings (SSSR count). The summed E-state index contributed by atoms with van der Waals surface area (Å²) in [6.45, 7) is 24.9. The molecule has 0 saturated carbocycles. The Labute approximate surface area is 571 Å². The van der Waals surface area contributed by atoms with Crippen LogP contribution in [0.15, 0.2) is 109 Å². The quantitative estimate of drug-likeness (QED) is 0.0528. The Kier molecular flexibility index (Phi) is 20.8. The Morgan fingerprint density at radius 1 is 0.351 bits per heavy atom. The number of carboxylic acid groups (broad SMARTS) is 2. The number of halogens is 10. The number of aromatic carboxylic acids is 2. The number of nitrogens with zero attached hydrogens (tertiary/aromatic N) is 4. The molecular weight excluding hydrogens is 1370 g/mol. The molecule has 0 atom stereocenters. The van der Waals surface area contributed by atoms with Gasteiger partial charge in [-0.2, -0.15) is 0 Å². The third-order valence-electron chi connectivity index (χ3n) is 16.0. The minimum absolute atomic E-state index is 0. The van der Waals surface area contributed by atoms with Crippen molar-refractivity contribution >= 4 is 82.2 Å². The molecule has 2 aliphatic rings. The number of benzene rings is 6. The van der Waals surface area contributed by atoms with Crippen molar-refractivity contribution in [2.45, 2.75) is 105 Å². The second-order valence-corrected chi connectivity index (χ2v) is 26.9. The molecule has 2 aliphatic heterocycles. The first-order valence-corrected chi connectivity index (χ1v) is 29.8. The van der Waals surface area contributed by atoms with Crippen molar-refractivity contribution in [3.8, 4) is 69.2 Å². The first-order valence-electron chi connectivity index (χ1n) is 29.8. The average Bonchev–Trinajstić information content (AvgIpc) is 1.64. The van der Waals surface area contributed by atoms with Crippen molar-refractivity contribution < 1.29 is 63.7 Å². The molecule has 5 heterocycles. The van der Waals surface area contributed by atoms with Crippen molar-refractivity contribution in [2.24, 2.45) is 0 Å². The fraction of sp³-hybridized carbons (Fsp3) is 0.205. The molecular formula is C78H60F10N4O4Sn. The van der Waals surface area contributed by atoms with Crippen molar-refractivity contribution in [1.29, 1.82) is 0 Å². The zero-order valence-corrected chi connectivity index (χ0v) is 57.4. The number of terminal acetylenes is 2. The topological polar surface area (TPSA) is 134 Å². The van der Waals surface area contributed by atoms with Gasteiger partial charge in [0.25, 0.3) is 0 Å². The van der Waals surface area contributed by atoms with E-state index in [1.54, 1.807) is 72.8 Å². The molecule has 9 aromatic rings. The van der Waals surface area contributed by atoms with Gasteiger partial charge in [-0.1, -0.05) is 156 Å². The van der Waals surface area contributed by atoms with Crippen molar-refractivity contribution in [1.82, 2.24) is 19.9 Å². The molecule has 19 heteroatoms. The molecule has 490 valence electrons. The van der Waals surface area contributed by atoms with Gasteiger partial charge < -0.3 is 29.8 Å². The average molecular weight is 1430 g/mol. The van der Waals surface area contributed by atoms with Gasteiger partial charge in [0.05, 0.1) is 45.8 Å². The summed E-state index contributed by atoms with van der Waals surface area (Å²) in [7, 11) is 0. The summed E-state index contributed by atoms with van der Waals surface area (Å²) >= 11 is 0. The monoisotopic (exact) mass is 1430 g/mol. The number of rotatable bonds is 6. The van der Waals surface area contributed by atoms with Crippen LogP contribution in [0.25, 0.3) is 90.9 Å². The van der Waals surface area contributed by atoms with E-state index in [1.165, 1.54) is 48.6 Å². The molecule has 8 bridgehead atoms. The molecule has 0 saturated heterocycles. The van der Waals surface area contributed by atoms with Crippen LogP contribution in [0.5, 0.6) is 0 Å². The summed E-state index contributed by atoms with van der Waals surface area (Å²) in [5, 5.41) is 22.1. The number of hydrogen-bond donors (Lipinski definition) is 0. The fourth-order valence-electron chi connectivity index (χ4n) is 10.5. The van der Waals surface area contributed by atoms with Gasteiger partial charge in [0.2, 0.25) is 11.6 Å². The Bertz CT molecular complexity index is 4570. The maximum atomic E-state index is 15.8. The van der Waals surface area contributed by atoms with E-state index in [-0.39, 0.29) is 113 Å². The van der Waals surface area contributed by atoms with E-state index in [1.807, 2.05) is 0 Å². The summed E-state index contributed by atoms with van der Waals surface area (Å²) in [5.41, 5.74) is 1.08. The van der Waals surface area contributed by atoms with Crippen LogP contribution in [0, 0.1) is 82.9 Å². The van der Waals surface area contributed by atoms with Crippen LogP contribution in [0.2, 0.25) is 0 Å². The molecule has 0 aliphatic carbocycles. The Balaban J connectivity index is 0.000000280. The van der Waals surface area contributed by atoms with Gasteiger partial charge in [-0.3, -0.25) is 0 Å². The predicted octanol–water partition coefficient (Wildman–Crippen LogP) is 16.8. The van der Waals surface area contributed by atoms with Crippen LogP contribution in [0.3, 0.4) is 0 Å². The normalized spacial score (nSPS) is 12.0. The number of hydrogen-bond acceptors (Lipinski definition) is 6. The number of carbonyl (C=O) groups excluding carboxylic acids is 2. The summed E-state index contributed by atoms with van der Waals surface area (Å²) in [4.78, 5) is 40.5. The molecule has 0 spiro atoms. The molecule has 0 unspecified atom stereocenters. The molecule has 0 radical (unpaired) electrons. The molecule has 6 aromatic carbocycles. The van der Waals surface area contributed by atoms with E-state index in [4.69, 9.17) is 12.8 Å². The summed E-state index contributed by atoms with van der Waals surface area (Å²) in [6.07, 6.45) is 16.3. The van der Waals surface area contributed by atoms with Gasteiger partial charge in [0, 0.05) is 11.1 Å². The van der Waals surface area contributed by atoms with Gasteiger partial charge in [-0.05, 0) is 161 Å². The molecule has 0 N–H and O–H groups in total. The van der Waals surface area contributed by atoms with Crippen LogP contribution in [0.1, 0.15) is 160 Å². The van der Waals surface area contributed by atoms with E-state index in [0.29, 0.717) is 22.3 Å². The van der Waals surface area contributed by atoms with Gasteiger partial charge in [0.1, 0.15) is 0 Å². The molecule has 0 fully saturated rings. The predicted molar refractivity (Wildman–Crippen MR) is 356 cm³/mol. The summed E-state index contributed by atoms with van der Waals surface area (Å²) in [5.74, 6) is -19.6. The smallest absolute Gasteiger partial charge is 0.657 e. The zero-order valence-electron chi connectivity index (χ0n) is 54.6. The molecule has 3 aromatic heterocycles. The van der Waals surface area contributed by atoms with Crippen molar-refractivity contribution in [2.75, 3.05) is 0 Å². The van der Waals surface area contributed by atoms with Crippen molar-refractivity contribution in [3.63, 3.8) is 0 Å². The van der Waals surface area contributed by atoms with Crippen LogP contribution in [-0.4, -0.2) is 45.8 Å². The fourth-order valence-corrected chi connectivity index (χ4v) is 10.5. The summed E-state index contributed by atoms with van der Waals surface area (Å²) < 4.78 is 152. The largest absolute Gasteiger partial charge is 4.00 e. The number of fused-ring (bicyclic) bond motifs is 8. The van der Waals surface area contributed by atoms with E-state index < -0.39 is 92.4 Å². The van der Waals surface area contributed by atoms with Crippen LogP contribution in [-0.2, 0) is 21.7 Å². The number of aromatic nitrogens is 4. The molecule has 8 nitrogen and oxygen atoms in total. The molecule has 0 amide bonds. The van der Waals surface area contributed by atoms with Gasteiger partial charge >= 0.3 is 23.9 Å². The van der Waals surface area contributed by atoms with Crippen molar-refractivity contribution in [3.05, 3.63) is 235 Å². The summed E-state index contributed by atoms with van der Waals surface area (Å²) in [6, 6.07) is 28.6. The van der Waals surface area contributed by atoms with E-state index in [0.717, 1.165) is 22.3 Å². The van der Waals surface area contributed by atoms with Gasteiger partial charge in [-0.15, -0.1) is 34.9 Å². The standard InChI is InChI=1S/C48H18F10N4.2C15H22O2.Sn/c1-3-21-5-9-23(10-6-21)33-25-13-17-29(59-25)35(37-39(49)43(53)47(57)44(54)40(37)50)31-19-15-27(61-31)34(24-11-7-22(4-2)8-12-24)28-16-20-32(62-28)36(30-18-14-26(33)60-30)38-41(51)45(55)48(58)46(56)42(38)52;2*1-14(2,3)11-7-10(13(16)17)8-12(9-11)15(4,5)6;/h1-2,5-20H;2*7-9H,1-6H3,(H,16,17);/q-2;;;+4/p-2. The van der Waals surface area contributed by atoms with E-state index in [9.17, 15) is 46.1 Å². The van der Waals surface area contributed by atoms with E-state index in [2.05, 4.69) is 127 Å². The Morgan fingerprint density at radius 2 is 0.577 bits per heavy atom. The number of carboxylic acids is 2. The maximum absolute atomic E-state index is 15.8. The zero-order chi connectivity index (χ0) is 70.6. The third-order valence-corrected chi connectivity index (χ3v) is 16.0. The minimum atomic E-state index is -2.39.